The van der Waals surface area contributed by atoms with Crippen molar-refractivity contribution in [3.63, 3.8) is 0 Å². The molecule has 1 aromatic heterocycles. The van der Waals surface area contributed by atoms with E-state index in [1.54, 1.807) is 0 Å². The number of hydrogen-bond donors (Lipinski definition) is 1. The van der Waals surface area contributed by atoms with Crippen molar-refractivity contribution in [3.8, 4) is 0 Å². The molecule has 1 N–H and O–H groups in total. The van der Waals surface area contributed by atoms with Gasteiger partial charge in [-0.1, -0.05) is 49.2 Å². The van der Waals surface area contributed by atoms with E-state index >= 15 is 0 Å². The molecule has 1 fully saturated rings. The summed E-state index contributed by atoms with van der Waals surface area (Å²) in [5.41, 5.74) is 1.94. The van der Waals surface area contributed by atoms with Crippen LogP contribution in [0.3, 0.4) is 0 Å². The standard InChI is InChI=1S/C19H26N4OS/c1-3-23-18(15-10-5-4-6-11-15)21-22-19(23)25-13-17(24)20-16-12-8-7-9-14(16)2/h7-9,12,15H,3-6,10-11,13H2,1-2H3,(H,20,24). The molecule has 3 rings (SSSR count). The average Bonchev–Trinajstić information content (AvgIpc) is 3.05. The molecule has 134 valence electrons. The maximum absolute atomic E-state index is 12.3. The van der Waals surface area contributed by atoms with Crippen molar-refractivity contribution in [2.24, 2.45) is 0 Å². The molecule has 25 heavy (non-hydrogen) atoms. The topological polar surface area (TPSA) is 59.8 Å². The Morgan fingerprint density at radius 2 is 2.00 bits per heavy atom. The zero-order chi connectivity index (χ0) is 17.6. The fourth-order valence-electron chi connectivity index (χ4n) is 3.40. The molecule has 1 amide bonds. The number of aryl methyl sites for hydroxylation is 1. The predicted molar refractivity (Wildman–Crippen MR) is 102 cm³/mol. The third-order valence-electron chi connectivity index (χ3n) is 4.78. The van der Waals surface area contributed by atoms with E-state index < -0.39 is 0 Å². The van der Waals surface area contributed by atoms with Gasteiger partial charge < -0.3 is 9.88 Å². The van der Waals surface area contributed by atoms with Crippen LogP contribution in [0, 0.1) is 6.92 Å². The Labute approximate surface area is 153 Å². The summed E-state index contributed by atoms with van der Waals surface area (Å²) < 4.78 is 2.18. The number of anilines is 1. The number of amides is 1. The fraction of sp³-hybridized carbons (Fsp3) is 0.526. The molecule has 1 saturated carbocycles. The molecular weight excluding hydrogens is 332 g/mol. The van der Waals surface area contributed by atoms with Crippen molar-refractivity contribution in [3.05, 3.63) is 35.7 Å². The molecule has 0 saturated heterocycles. The second-order valence-corrected chi connectivity index (χ2v) is 7.51. The predicted octanol–water partition coefficient (Wildman–Crippen LogP) is 4.38. The van der Waals surface area contributed by atoms with Crippen LogP contribution in [0.1, 0.15) is 56.3 Å². The summed E-state index contributed by atoms with van der Waals surface area (Å²) in [5.74, 6) is 1.96. The summed E-state index contributed by atoms with van der Waals surface area (Å²) >= 11 is 1.47. The van der Waals surface area contributed by atoms with E-state index in [9.17, 15) is 4.79 Å². The van der Waals surface area contributed by atoms with Crippen LogP contribution in [0.15, 0.2) is 29.4 Å². The highest BCUT2D eigenvalue weighted by Gasteiger charge is 2.23. The lowest BCUT2D eigenvalue weighted by molar-refractivity contribution is -0.113. The van der Waals surface area contributed by atoms with Gasteiger partial charge in [0, 0.05) is 18.2 Å². The van der Waals surface area contributed by atoms with Gasteiger partial charge in [0.05, 0.1) is 5.75 Å². The number of nitrogens with zero attached hydrogens (tertiary/aromatic N) is 3. The van der Waals surface area contributed by atoms with Crippen LogP contribution in [0.4, 0.5) is 5.69 Å². The number of nitrogens with one attached hydrogen (secondary N) is 1. The molecule has 2 aromatic rings. The van der Waals surface area contributed by atoms with Gasteiger partial charge in [0.15, 0.2) is 5.16 Å². The molecule has 0 unspecified atom stereocenters. The minimum absolute atomic E-state index is 0.0100. The van der Waals surface area contributed by atoms with E-state index in [2.05, 4.69) is 27.0 Å². The summed E-state index contributed by atoms with van der Waals surface area (Å²) in [5, 5.41) is 12.6. The number of aromatic nitrogens is 3. The molecule has 6 heteroatoms. The molecule has 0 aliphatic heterocycles. The Morgan fingerprint density at radius 3 is 2.72 bits per heavy atom. The van der Waals surface area contributed by atoms with E-state index in [0.29, 0.717) is 11.7 Å². The van der Waals surface area contributed by atoms with Crippen LogP contribution in [0.2, 0.25) is 0 Å². The summed E-state index contributed by atoms with van der Waals surface area (Å²) in [6, 6.07) is 7.82. The van der Waals surface area contributed by atoms with Crippen molar-refractivity contribution in [2.75, 3.05) is 11.1 Å². The third-order valence-corrected chi connectivity index (χ3v) is 5.75. The number of thioether (sulfide) groups is 1. The normalized spacial score (nSPS) is 15.3. The molecule has 1 aliphatic rings. The lowest BCUT2D eigenvalue weighted by Gasteiger charge is -2.21. The highest BCUT2D eigenvalue weighted by atomic mass is 32.2. The van der Waals surface area contributed by atoms with Crippen LogP contribution in [0.5, 0.6) is 0 Å². The fourth-order valence-corrected chi connectivity index (χ4v) is 4.21. The number of hydrogen-bond acceptors (Lipinski definition) is 4. The summed E-state index contributed by atoms with van der Waals surface area (Å²) in [6.45, 7) is 4.96. The van der Waals surface area contributed by atoms with Crippen molar-refractivity contribution < 1.29 is 4.79 Å². The average molecular weight is 359 g/mol. The zero-order valence-corrected chi connectivity index (χ0v) is 15.8. The lowest BCUT2D eigenvalue weighted by atomic mass is 9.89. The molecule has 0 spiro atoms. The molecule has 0 atom stereocenters. The van der Waals surface area contributed by atoms with Crippen molar-refractivity contribution in [1.29, 1.82) is 0 Å². The largest absolute Gasteiger partial charge is 0.325 e. The van der Waals surface area contributed by atoms with Gasteiger partial charge in [-0.2, -0.15) is 0 Å². The minimum Gasteiger partial charge on any atom is -0.325 e. The van der Waals surface area contributed by atoms with Gasteiger partial charge in [-0.15, -0.1) is 10.2 Å². The molecule has 0 bridgehead atoms. The number of benzene rings is 1. The highest BCUT2D eigenvalue weighted by Crippen LogP contribution is 2.33. The van der Waals surface area contributed by atoms with Gasteiger partial charge in [-0.25, -0.2) is 0 Å². The molecule has 1 heterocycles. The summed E-state index contributed by atoms with van der Waals surface area (Å²) in [4.78, 5) is 12.3. The maximum Gasteiger partial charge on any atom is 0.234 e. The Hall–Kier alpha value is -1.82. The summed E-state index contributed by atoms with van der Waals surface area (Å²) in [6.07, 6.45) is 6.30. The second kappa shape index (κ2) is 8.52. The molecule has 1 aliphatic carbocycles. The van der Waals surface area contributed by atoms with Crippen LogP contribution in [-0.2, 0) is 11.3 Å². The van der Waals surface area contributed by atoms with Crippen LogP contribution >= 0.6 is 11.8 Å². The smallest absolute Gasteiger partial charge is 0.234 e. The van der Waals surface area contributed by atoms with E-state index in [-0.39, 0.29) is 5.91 Å². The van der Waals surface area contributed by atoms with E-state index in [0.717, 1.165) is 28.8 Å². The van der Waals surface area contributed by atoms with Gasteiger partial charge in [-0.3, -0.25) is 4.79 Å². The first-order valence-corrected chi connectivity index (χ1v) is 10.1. The Balaban J connectivity index is 1.62. The molecule has 1 aromatic carbocycles. The van der Waals surface area contributed by atoms with E-state index in [4.69, 9.17) is 0 Å². The number of rotatable bonds is 6. The number of carbonyl (C=O) groups excluding carboxylic acids is 1. The van der Waals surface area contributed by atoms with Crippen LogP contribution in [-0.4, -0.2) is 26.4 Å². The van der Waals surface area contributed by atoms with Crippen molar-refractivity contribution in [1.82, 2.24) is 14.8 Å². The number of para-hydroxylation sites is 1. The minimum atomic E-state index is -0.0100. The first-order chi connectivity index (χ1) is 12.2. The molecular formula is C19H26N4OS. The monoisotopic (exact) mass is 358 g/mol. The SMILES string of the molecule is CCn1c(SCC(=O)Nc2ccccc2C)nnc1C1CCCCC1. The Bertz CT molecular complexity index is 722. The summed E-state index contributed by atoms with van der Waals surface area (Å²) in [7, 11) is 0. The van der Waals surface area contributed by atoms with Crippen molar-refractivity contribution in [2.45, 2.75) is 63.6 Å². The van der Waals surface area contributed by atoms with Gasteiger partial charge in [0.1, 0.15) is 5.82 Å². The van der Waals surface area contributed by atoms with Crippen LogP contribution in [0.25, 0.3) is 0 Å². The quantitative estimate of drug-likeness (QED) is 0.778. The molecule has 0 radical (unpaired) electrons. The number of carbonyl (C=O) groups is 1. The van der Waals surface area contributed by atoms with Gasteiger partial charge in [0.25, 0.3) is 0 Å². The van der Waals surface area contributed by atoms with E-state index in [1.807, 2.05) is 31.2 Å². The zero-order valence-electron chi connectivity index (χ0n) is 15.0. The lowest BCUT2D eigenvalue weighted by Crippen LogP contribution is -2.16. The first-order valence-electron chi connectivity index (χ1n) is 9.10. The van der Waals surface area contributed by atoms with Crippen molar-refractivity contribution >= 4 is 23.4 Å². The van der Waals surface area contributed by atoms with Gasteiger partial charge in [-0.05, 0) is 38.3 Å². The van der Waals surface area contributed by atoms with Gasteiger partial charge >= 0.3 is 0 Å². The highest BCUT2D eigenvalue weighted by molar-refractivity contribution is 7.99. The maximum atomic E-state index is 12.3. The Kier molecular flexibility index (Phi) is 6.13. The second-order valence-electron chi connectivity index (χ2n) is 6.57. The first kappa shape index (κ1) is 18.0. The van der Waals surface area contributed by atoms with Gasteiger partial charge in [0.2, 0.25) is 5.91 Å². The van der Waals surface area contributed by atoms with E-state index in [1.165, 1.54) is 43.9 Å². The van der Waals surface area contributed by atoms with Crippen LogP contribution < -0.4 is 5.32 Å². The Morgan fingerprint density at radius 1 is 1.24 bits per heavy atom. The molecule has 5 nitrogen and oxygen atoms in total. The third kappa shape index (κ3) is 4.42.